The van der Waals surface area contributed by atoms with Crippen molar-refractivity contribution in [2.75, 3.05) is 10.8 Å². The highest BCUT2D eigenvalue weighted by Gasteiger charge is 2.32. The second-order valence-corrected chi connectivity index (χ2v) is 9.94. The summed E-state index contributed by atoms with van der Waals surface area (Å²) >= 11 is 3.50. The van der Waals surface area contributed by atoms with Gasteiger partial charge in [0.1, 0.15) is 5.23 Å². The molecule has 1 aliphatic carbocycles. The van der Waals surface area contributed by atoms with E-state index in [0.29, 0.717) is 23.2 Å². The summed E-state index contributed by atoms with van der Waals surface area (Å²) < 4.78 is 38.6. The van der Waals surface area contributed by atoms with Crippen LogP contribution in [0.4, 0.5) is 5.69 Å². The lowest BCUT2D eigenvalue weighted by atomic mass is 9.98. The van der Waals surface area contributed by atoms with Crippen molar-refractivity contribution >= 4 is 37.2 Å². The summed E-state index contributed by atoms with van der Waals surface area (Å²) in [6.07, 6.45) is 7.22. The Morgan fingerprint density at radius 1 is 1.30 bits per heavy atom. The first kappa shape index (κ1) is 20.9. The van der Waals surface area contributed by atoms with Crippen LogP contribution in [0, 0.1) is 0 Å². The van der Waals surface area contributed by atoms with E-state index in [2.05, 4.69) is 29.1 Å². The first-order chi connectivity index (χ1) is 14.7. The molecule has 3 rings (SSSR count). The third-order valence-electron chi connectivity index (χ3n) is 4.99. The summed E-state index contributed by atoms with van der Waals surface area (Å²) in [5, 5.41) is -1.77. The van der Waals surface area contributed by atoms with E-state index in [4.69, 9.17) is 1.37 Å². The van der Waals surface area contributed by atoms with Gasteiger partial charge in [-0.25, -0.2) is 8.42 Å². The number of hydrogen-bond donors (Lipinski definition) is 0. The Kier molecular flexibility index (Phi) is 6.70. The maximum atomic E-state index is 13.8. The van der Waals surface area contributed by atoms with Crippen molar-refractivity contribution in [3.8, 4) is 0 Å². The molecule has 0 saturated heterocycles. The molecular weight excluding hydrogens is 458 g/mol. The molecule has 0 N–H and O–H groups in total. The van der Waals surface area contributed by atoms with Gasteiger partial charge in [-0.2, -0.15) is 0 Å². The van der Waals surface area contributed by atoms with Gasteiger partial charge in [-0.05, 0) is 49.1 Å². The molecule has 1 unspecified atom stereocenters. The van der Waals surface area contributed by atoms with Crippen LogP contribution < -0.4 is 4.31 Å². The number of allylic oxidation sites excluding steroid dienone is 3. The van der Waals surface area contributed by atoms with Crippen molar-refractivity contribution in [3.63, 3.8) is 0 Å². The normalized spacial score (nSPS) is 19.0. The Morgan fingerprint density at radius 3 is 2.67 bits per heavy atom. The van der Waals surface area contributed by atoms with Crippen molar-refractivity contribution in [1.82, 2.24) is 0 Å². The van der Waals surface area contributed by atoms with Crippen LogP contribution in [-0.2, 0) is 10.0 Å². The minimum Gasteiger partial charge on any atom is -0.269 e. The highest BCUT2D eigenvalue weighted by molar-refractivity contribution is 9.10. The highest BCUT2D eigenvalue weighted by atomic mass is 79.9. The third-order valence-corrected chi connectivity index (χ3v) is 7.41. The average molecular weight is 485 g/mol. The molecule has 0 bridgehead atoms. The molecule has 2 aromatic rings. The fourth-order valence-corrected chi connectivity index (χ4v) is 5.24. The maximum Gasteiger partial charge on any atom is 0.241 e. The van der Waals surface area contributed by atoms with Crippen LogP contribution in [0.25, 0.3) is 5.57 Å². The Balaban J connectivity index is 2.15. The summed E-state index contributed by atoms with van der Waals surface area (Å²) in [6, 6.07) is 15.1. The fourth-order valence-electron chi connectivity index (χ4n) is 3.30. The molecule has 0 spiro atoms. The Hall–Kier alpha value is -2.37. The topological polar surface area (TPSA) is 37.4 Å². The Labute approximate surface area is 189 Å². The molecule has 0 fully saturated rings. The molecule has 0 saturated carbocycles. The number of hydrogen-bond acceptors (Lipinski definition) is 2. The van der Waals surface area contributed by atoms with E-state index in [1.807, 2.05) is 49.4 Å². The third kappa shape index (κ3) is 4.85. The summed E-state index contributed by atoms with van der Waals surface area (Å²) in [5.74, 6) is 0. The zero-order chi connectivity index (χ0) is 22.6. The largest absolute Gasteiger partial charge is 0.269 e. The van der Waals surface area contributed by atoms with E-state index in [0.717, 1.165) is 15.6 Å². The SMILES string of the molecule is [2H]C1(S(=O)(=O)N(CCC=C)c2ccc(Br)cc2C(=C)c2ccccc2)C=CC(C)=CC1. The van der Waals surface area contributed by atoms with Crippen LogP contribution in [0.5, 0.6) is 0 Å². The standard InChI is InChI=1S/C25H26BrNO2S/c1-4-5-17-27(30(28,29)23-14-11-19(2)12-15-23)25-16-13-22(26)18-24(25)20(3)21-9-7-6-8-10-21/h4,6-14,16,18,23H,1,3,5,15,17H2,2H3/i23D. The van der Waals surface area contributed by atoms with E-state index in [9.17, 15) is 8.42 Å². The van der Waals surface area contributed by atoms with Gasteiger partial charge in [0.05, 0.1) is 7.06 Å². The van der Waals surface area contributed by atoms with Crippen LogP contribution >= 0.6 is 15.9 Å². The first-order valence-electron chi connectivity index (χ1n) is 10.2. The van der Waals surface area contributed by atoms with Crippen molar-refractivity contribution in [2.24, 2.45) is 0 Å². The summed E-state index contributed by atoms with van der Waals surface area (Å²) in [5.41, 5.74) is 3.77. The molecule has 5 heteroatoms. The Morgan fingerprint density at radius 2 is 2.03 bits per heavy atom. The molecule has 0 amide bonds. The van der Waals surface area contributed by atoms with Crippen molar-refractivity contribution in [3.05, 3.63) is 107 Å². The number of benzene rings is 2. The summed E-state index contributed by atoms with van der Waals surface area (Å²) in [4.78, 5) is 0. The van der Waals surface area contributed by atoms with Gasteiger partial charge in [0, 0.05) is 16.6 Å². The van der Waals surface area contributed by atoms with Gasteiger partial charge in [-0.3, -0.25) is 4.31 Å². The van der Waals surface area contributed by atoms with E-state index in [1.54, 1.807) is 24.3 Å². The maximum absolute atomic E-state index is 13.8. The van der Waals surface area contributed by atoms with Gasteiger partial charge in [0.25, 0.3) is 0 Å². The zero-order valence-corrected chi connectivity index (χ0v) is 19.4. The lowest BCUT2D eigenvalue weighted by Crippen LogP contribution is -2.39. The van der Waals surface area contributed by atoms with Crippen LogP contribution in [-0.4, -0.2) is 20.2 Å². The molecular formula is C25H26BrNO2S. The lowest BCUT2D eigenvalue weighted by Gasteiger charge is -2.30. The number of sulfonamides is 1. The van der Waals surface area contributed by atoms with Crippen molar-refractivity contribution in [2.45, 2.75) is 25.0 Å². The second kappa shape index (κ2) is 9.63. The minimum atomic E-state index is -4.06. The van der Waals surface area contributed by atoms with Gasteiger partial charge in [0.2, 0.25) is 10.0 Å². The first-order valence-corrected chi connectivity index (χ1v) is 12.0. The molecule has 156 valence electrons. The molecule has 0 aromatic heterocycles. The number of nitrogens with zero attached hydrogens (tertiary/aromatic N) is 1. The van der Waals surface area contributed by atoms with Crippen LogP contribution in [0.15, 0.2) is 96.0 Å². The monoisotopic (exact) mass is 484 g/mol. The molecule has 3 nitrogen and oxygen atoms in total. The van der Waals surface area contributed by atoms with Gasteiger partial charge in [-0.1, -0.05) is 82.7 Å². The predicted molar refractivity (Wildman–Crippen MR) is 131 cm³/mol. The molecule has 1 atom stereocenters. The second-order valence-electron chi connectivity index (χ2n) is 7.11. The summed E-state index contributed by atoms with van der Waals surface area (Å²) in [7, 11) is -4.06. The fraction of sp³-hybridized carbons (Fsp3) is 0.200. The minimum absolute atomic E-state index is 0.105. The van der Waals surface area contributed by atoms with Crippen LogP contribution in [0.2, 0.25) is 0 Å². The van der Waals surface area contributed by atoms with Gasteiger partial charge >= 0.3 is 0 Å². The average Bonchev–Trinajstić information content (AvgIpc) is 2.76. The van der Waals surface area contributed by atoms with Crippen LogP contribution in [0.3, 0.4) is 0 Å². The van der Waals surface area contributed by atoms with Gasteiger partial charge in [0.15, 0.2) is 0 Å². The molecule has 1 aliphatic rings. The summed E-state index contributed by atoms with van der Waals surface area (Å²) in [6.45, 7) is 10.1. The van der Waals surface area contributed by atoms with E-state index in [-0.39, 0.29) is 13.0 Å². The van der Waals surface area contributed by atoms with Crippen molar-refractivity contribution in [1.29, 1.82) is 0 Å². The highest BCUT2D eigenvalue weighted by Crippen LogP contribution is 2.36. The number of rotatable bonds is 8. The quantitative estimate of drug-likeness (QED) is 0.401. The number of halogens is 1. The zero-order valence-electron chi connectivity index (χ0n) is 18.0. The smallest absolute Gasteiger partial charge is 0.241 e. The van der Waals surface area contributed by atoms with Crippen molar-refractivity contribution < 1.29 is 9.79 Å². The number of anilines is 1. The van der Waals surface area contributed by atoms with Gasteiger partial charge in [-0.15, -0.1) is 6.58 Å². The van der Waals surface area contributed by atoms with E-state index in [1.165, 1.54) is 10.4 Å². The van der Waals surface area contributed by atoms with E-state index >= 15 is 0 Å². The van der Waals surface area contributed by atoms with E-state index < -0.39 is 15.2 Å². The molecule has 0 aliphatic heterocycles. The Bertz CT molecular complexity index is 1160. The lowest BCUT2D eigenvalue weighted by molar-refractivity contribution is 0.582. The molecule has 30 heavy (non-hydrogen) atoms. The van der Waals surface area contributed by atoms with Crippen LogP contribution in [0.1, 0.15) is 32.3 Å². The predicted octanol–water partition coefficient (Wildman–Crippen LogP) is 6.50. The molecule has 0 radical (unpaired) electrons. The molecule has 2 aromatic carbocycles. The van der Waals surface area contributed by atoms with Gasteiger partial charge < -0.3 is 0 Å². The molecule has 0 heterocycles.